The van der Waals surface area contributed by atoms with Crippen molar-refractivity contribution in [2.24, 2.45) is 17.1 Å². The zero-order valence-corrected chi connectivity index (χ0v) is 16.7. The van der Waals surface area contributed by atoms with Crippen LogP contribution in [0, 0.1) is 11.3 Å². The molecule has 1 aliphatic carbocycles. The van der Waals surface area contributed by atoms with Crippen LogP contribution in [0.1, 0.15) is 42.6 Å². The highest BCUT2D eigenvalue weighted by molar-refractivity contribution is 5.95. The first-order valence-electron chi connectivity index (χ1n) is 9.82. The predicted octanol–water partition coefficient (Wildman–Crippen LogP) is 3.66. The Kier molecular flexibility index (Phi) is 6.15. The predicted molar refractivity (Wildman–Crippen MR) is 112 cm³/mol. The van der Waals surface area contributed by atoms with E-state index in [2.05, 4.69) is 19.2 Å². The van der Waals surface area contributed by atoms with Gasteiger partial charge in [-0.1, -0.05) is 44.2 Å². The maximum atomic E-state index is 13.1. The van der Waals surface area contributed by atoms with Crippen LogP contribution in [0.3, 0.4) is 0 Å². The number of benzene rings is 2. The molecule has 0 atom stereocenters. The quantitative estimate of drug-likeness (QED) is 0.735. The zero-order valence-electron chi connectivity index (χ0n) is 16.7. The topological polar surface area (TPSA) is 75.4 Å². The van der Waals surface area contributed by atoms with E-state index in [1.807, 2.05) is 59.5 Å². The summed E-state index contributed by atoms with van der Waals surface area (Å²) in [6.45, 7) is 5.62. The molecule has 3 N–H and O–H groups in total. The van der Waals surface area contributed by atoms with E-state index in [9.17, 15) is 9.59 Å². The summed E-state index contributed by atoms with van der Waals surface area (Å²) in [7, 11) is 0. The fourth-order valence-corrected chi connectivity index (χ4v) is 3.10. The number of anilines is 1. The molecule has 0 spiro atoms. The average molecular weight is 380 g/mol. The van der Waals surface area contributed by atoms with Crippen molar-refractivity contribution in [2.75, 3.05) is 18.4 Å². The SMILES string of the molecule is CC(C)(CN)CN(Cc1cccc(NC(=O)C2CC2)c1)C(=O)c1ccccc1. The Balaban J connectivity index is 1.78. The second-order valence-corrected chi connectivity index (χ2v) is 8.36. The summed E-state index contributed by atoms with van der Waals surface area (Å²) >= 11 is 0. The molecule has 0 unspecified atom stereocenters. The minimum absolute atomic E-state index is 0.0189. The van der Waals surface area contributed by atoms with Crippen LogP contribution in [0.5, 0.6) is 0 Å². The van der Waals surface area contributed by atoms with Crippen LogP contribution >= 0.6 is 0 Å². The van der Waals surface area contributed by atoms with Crippen LogP contribution < -0.4 is 11.1 Å². The molecule has 1 aliphatic rings. The summed E-state index contributed by atoms with van der Waals surface area (Å²) in [6, 6.07) is 17.0. The fourth-order valence-electron chi connectivity index (χ4n) is 3.10. The number of rotatable bonds is 8. The van der Waals surface area contributed by atoms with Gasteiger partial charge in [0.15, 0.2) is 0 Å². The third kappa shape index (κ3) is 5.42. The second kappa shape index (κ2) is 8.57. The summed E-state index contributed by atoms with van der Waals surface area (Å²) in [4.78, 5) is 27.0. The molecule has 2 aromatic carbocycles. The highest BCUT2D eigenvalue weighted by atomic mass is 16.2. The molecule has 0 bridgehead atoms. The molecule has 0 saturated heterocycles. The molecule has 0 heterocycles. The number of amides is 2. The summed E-state index contributed by atoms with van der Waals surface area (Å²) in [5.41, 5.74) is 8.14. The van der Waals surface area contributed by atoms with Crippen LogP contribution in [0.2, 0.25) is 0 Å². The standard InChI is InChI=1S/C23H29N3O2/c1-23(2,15-24)16-26(22(28)19-8-4-3-5-9-19)14-17-7-6-10-20(13-17)25-21(27)18-11-12-18/h3-10,13,18H,11-12,14-16,24H2,1-2H3,(H,25,27). The largest absolute Gasteiger partial charge is 0.334 e. The molecule has 3 rings (SSSR count). The summed E-state index contributed by atoms with van der Waals surface area (Å²) in [5.74, 6) is 0.221. The first kappa shape index (κ1) is 20.1. The van der Waals surface area contributed by atoms with Crippen molar-refractivity contribution in [1.29, 1.82) is 0 Å². The number of hydrogen-bond donors (Lipinski definition) is 2. The smallest absolute Gasteiger partial charge is 0.254 e. The van der Waals surface area contributed by atoms with E-state index < -0.39 is 0 Å². The van der Waals surface area contributed by atoms with Crippen molar-refractivity contribution < 1.29 is 9.59 Å². The fraction of sp³-hybridized carbons (Fsp3) is 0.391. The Hall–Kier alpha value is -2.66. The number of hydrogen-bond acceptors (Lipinski definition) is 3. The van der Waals surface area contributed by atoms with Crippen molar-refractivity contribution in [2.45, 2.75) is 33.2 Å². The van der Waals surface area contributed by atoms with Gasteiger partial charge < -0.3 is 16.0 Å². The van der Waals surface area contributed by atoms with Gasteiger partial charge in [0.2, 0.25) is 5.91 Å². The first-order chi connectivity index (χ1) is 13.4. The van der Waals surface area contributed by atoms with Crippen LogP contribution in [-0.2, 0) is 11.3 Å². The maximum absolute atomic E-state index is 13.1. The van der Waals surface area contributed by atoms with E-state index >= 15 is 0 Å². The minimum Gasteiger partial charge on any atom is -0.334 e. The zero-order chi connectivity index (χ0) is 20.1. The first-order valence-corrected chi connectivity index (χ1v) is 9.82. The average Bonchev–Trinajstić information content (AvgIpc) is 3.53. The number of carbonyl (C=O) groups is 2. The lowest BCUT2D eigenvalue weighted by atomic mass is 9.92. The molecular weight excluding hydrogens is 350 g/mol. The molecule has 0 aromatic heterocycles. The minimum atomic E-state index is -0.192. The Morgan fingerprint density at radius 2 is 1.82 bits per heavy atom. The summed E-state index contributed by atoms with van der Waals surface area (Å²) in [6.07, 6.45) is 1.94. The van der Waals surface area contributed by atoms with Gasteiger partial charge in [0.1, 0.15) is 0 Å². The molecule has 0 aliphatic heterocycles. The number of nitrogens with two attached hydrogens (primary N) is 1. The van der Waals surface area contributed by atoms with Gasteiger partial charge >= 0.3 is 0 Å². The Bertz CT molecular complexity index is 829. The van der Waals surface area contributed by atoms with Gasteiger partial charge in [-0.3, -0.25) is 9.59 Å². The van der Waals surface area contributed by atoms with E-state index in [1.54, 1.807) is 0 Å². The van der Waals surface area contributed by atoms with Crippen molar-refractivity contribution in [3.63, 3.8) is 0 Å². The molecule has 148 valence electrons. The molecular formula is C23H29N3O2. The van der Waals surface area contributed by atoms with Crippen molar-refractivity contribution in [1.82, 2.24) is 4.90 Å². The third-order valence-corrected chi connectivity index (χ3v) is 5.00. The Labute approximate surface area is 166 Å². The molecule has 1 fully saturated rings. The van der Waals surface area contributed by atoms with Gasteiger partial charge in [0.05, 0.1) is 0 Å². The lowest BCUT2D eigenvalue weighted by Crippen LogP contribution is -2.41. The Morgan fingerprint density at radius 3 is 2.46 bits per heavy atom. The van der Waals surface area contributed by atoms with E-state index in [4.69, 9.17) is 5.73 Å². The molecule has 1 saturated carbocycles. The van der Waals surface area contributed by atoms with Crippen LogP contribution in [0.4, 0.5) is 5.69 Å². The molecule has 28 heavy (non-hydrogen) atoms. The van der Waals surface area contributed by atoms with E-state index in [-0.39, 0.29) is 23.1 Å². The molecule has 5 nitrogen and oxygen atoms in total. The van der Waals surface area contributed by atoms with Gasteiger partial charge in [0, 0.05) is 30.3 Å². The van der Waals surface area contributed by atoms with Gasteiger partial charge in [-0.25, -0.2) is 0 Å². The van der Waals surface area contributed by atoms with Crippen LogP contribution in [0.15, 0.2) is 54.6 Å². The molecule has 5 heteroatoms. The van der Waals surface area contributed by atoms with Crippen LogP contribution in [0.25, 0.3) is 0 Å². The Morgan fingerprint density at radius 1 is 1.11 bits per heavy atom. The monoisotopic (exact) mass is 379 g/mol. The molecule has 0 radical (unpaired) electrons. The summed E-state index contributed by atoms with van der Waals surface area (Å²) in [5, 5.41) is 2.98. The number of nitrogens with zero attached hydrogens (tertiary/aromatic N) is 1. The van der Waals surface area contributed by atoms with E-state index in [1.165, 1.54) is 0 Å². The second-order valence-electron chi connectivity index (χ2n) is 8.36. The third-order valence-electron chi connectivity index (χ3n) is 5.00. The van der Waals surface area contributed by atoms with Crippen molar-refractivity contribution in [3.8, 4) is 0 Å². The van der Waals surface area contributed by atoms with Crippen LogP contribution in [-0.4, -0.2) is 29.8 Å². The van der Waals surface area contributed by atoms with Gasteiger partial charge in [0.25, 0.3) is 5.91 Å². The molecule has 2 aromatic rings. The number of nitrogens with one attached hydrogen (secondary N) is 1. The maximum Gasteiger partial charge on any atom is 0.254 e. The van der Waals surface area contributed by atoms with Gasteiger partial charge in [-0.05, 0) is 54.6 Å². The van der Waals surface area contributed by atoms with Crippen molar-refractivity contribution in [3.05, 3.63) is 65.7 Å². The molecule has 2 amide bonds. The van der Waals surface area contributed by atoms with E-state index in [0.717, 1.165) is 24.1 Å². The normalized spacial score (nSPS) is 13.8. The highest BCUT2D eigenvalue weighted by Crippen LogP contribution is 2.30. The van der Waals surface area contributed by atoms with E-state index in [0.29, 0.717) is 25.2 Å². The number of carbonyl (C=O) groups excluding carboxylic acids is 2. The van der Waals surface area contributed by atoms with Gasteiger partial charge in [-0.15, -0.1) is 0 Å². The summed E-state index contributed by atoms with van der Waals surface area (Å²) < 4.78 is 0. The lowest BCUT2D eigenvalue weighted by Gasteiger charge is -2.32. The highest BCUT2D eigenvalue weighted by Gasteiger charge is 2.29. The van der Waals surface area contributed by atoms with Crippen molar-refractivity contribution >= 4 is 17.5 Å². The van der Waals surface area contributed by atoms with Gasteiger partial charge in [-0.2, -0.15) is 0 Å². The lowest BCUT2D eigenvalue weighted by molar-refractivity contribution is -0.117.